The summed E-state index contributed by atoms with van der Waals surface area (Å²) in [5, 5.41) is 3.80. The van der Waals surface area contributed by atoms with E-state index in [4.69, 9.17) is 0 Å². The fourth-order valence-corrected chi connectivity index (χ4v) is 3.85. The van der Waals surface area contributed by atoms with Gasteiger partial charge in [-0.05, 0) is 36.5 Å². The molecule has 0 bridgehead atoms. The molecule has 4 rings (SSSR count). The van der Waals surface area contributed by atoms with Crippen LogP contribution in [0.5, 0.6) is 0 Å². The van der Waals surface area contributed by atoms with Crippen molar-refractivity contribution in [3.63, 3.8) is 0 Å². The van der Waals surface area contributed by atoms with Crippen LogP contribution in [0.4, 0.5) is 11.4 Å². The normalized spacial score (nSPS) is 23.9. The first-order chi connectivity index (χ1) is 10.4. The van der Waals surface area contributed by atoms with E-state index in [0.29, 0.717) is 6.04 Å². The van der Waals surface area contributed by atoms with Crippen molar-refractivity contribution in [2.45, 2.75) is 31.8 Å². The lowest BCUT2D eigenvalue weighted by atomic mass is 10.0. The highest BCUT2D eigenvalue weighted by Gasteiger charge is 2.32. The fourth-order valence-electron chi connectivity index (χ4n) is 3.85. The van der Waals surface area contributed by atoms with Crippen molar-refractivity contribution >= 4 is 11.4 Å². The molecule has 1 heterocycles. The second-order valence-electron chi connectivity index (χ2n) is 6.33. The topological polar surface area (TPSA) is 15.3 Å². The summed E-state index contributed by atoms with van der Waals surface area (Å²) < 4.78 is 0. The van der Waals surface area contributed by atoms with Crippen molar-refractivity contribution in [2.75, 3.05) is 16.8 Å². The van der Waals surface area contributed by atoms with Crippen LogP contribution in [-0.2, 0) is 6.54 Å². The number of hydrogen-bond donors (Lipinski definition) is 1. The molecule has 1 aliphatic heterocycles. The second-order valence-corrected chi connectivity index (χ2v) is 6.33. The van der Waals surface area contributed by atoms with Gasteiger partial charge in [0.15, 0.2) is 0 Å². The van der Waals surface area contributed by atoms with Crippen LogP contribution in [0.3, 0.4) is 0 Å². The Balaban J connectivity index is 1.67. The zero-order valence-corrected chi connectivity index (χ0v) is 12.3. The molecule has 2 atom stereocenters. The molecule has 1 saturated carbocycles. The van der Waals surface area contributed by atoms with E-state index in [1.54, 1.807) is 0 Å². The Labute approximate surface area is 126 Å². The largest absolute Gasteiger partial charge is 0.380 e. The molecular formula is C19H22N2. The van der Waals surface area contributed by atoms with Crippen LogP contribution in [0.2, 0.25) is 0 Å². The maximum atomic E-state index is 3.80. The van der Waals surface area contributed by atoms with Crippen LogP contribution in [0.25, 0.3) is 0 Å². The Morgan fingerprint density at radius 2 is 1.76 bits per heavy atom. The molecule has 1 fully saturated rings. The lowest BCUT2D eigenvalue weighted by Crippen LogP contribution is -2.31. The summed E-state index contributed by atoms with van der Waals surface area (Å²) in [5.74, 6) is 0.779. The first-order valence-corrected chi connectivity index (χ1v) is 8.04. The Morgan fingerprint density at radius 1 is 0.952 bits per heavy atom. The van der Waals surface area contributed by atoms with Gasteiger partial charge in [-0.25, -0.2) is 0 Å². The molecule has 0 saturated heterocycles. The van der Waals surface area contributed by atoms with Crippen molar-refractivity contribution in [2.24, 2.45) is 5.92 Å². The molecule has 21 heavy (non-hydrogen) atoms. The van der Waals surface area contributed by atoms with Gasteiger partial charge in [-0.15, -0.1) is 0 Å². The van der Waals surface area contributed by atoms with Crippen LogP contribution in [-0.4, -0.2) is 12.6 Å². The zero-order chi connectivity index (χ0) is 14.1. The van der Waals surface area contributed by atoms with Crippen molar-refractivity contribution in [1.82, 2.24) is 0 Å². The molecule has 0 aromatic heterocycles. The van der Waals surface area contributed by atoms with E-state index in [1.807, 2.05) is 0 Å². The number of nitrogens with one attached hydrogen (secondary N) is 1. The molecule has 2 heteroatoms. The first kappa shape index (κ1) is 12.8. The quantitative estimate of drug-likeness (QED) is 0.881. The summed E-state index contributed by atoms with van der Waals surface area (Å²) >= 11 is 0. The van der Waals surface area contributed by atoms with E-state index in [1.165, 1.54) is 42.7 Å². The van der Waals surface area contributed by atoms with E-state index < -0.39 is 0 Å². The molecule has 2 aromatic rings. The minimum atomic E-state index is 0.659. The third kappa shape index (κ3) is 2.51. The van der Waals surface area contributed by atoms with E-state index in [9.17, 15) is 0 Å². The number of nitrogens with zero attached hydrogens (tertiary/aromatic N) is 1. The van der Waals surface area contributed by atoms with Gasteiger partial charge in [0.1, 0.15) is 0 Å². The molecule has 108 valence electrons. The predicted molar refractivity (Wildman–Crippen MR) is 88.7 cm³/mol. The number of rotatable bonds is 2. The Hall–Kier alpha value is -1.96. The highest BCUT2D eigenvalue weighted by Crippen LogP contribution is 2.38. The van der Waals surface area contributed by atoms with Crippen molar-refractivity contribution < 1.29 is 0 Å². The van der Waals surface area contributed by atoms with Crippen molar-refractivity contribution in [1.29, 1.82) is 0 Å². The molecule has 2 unspecified atom stereocenters. The smallest absolute Gasteiger partial charge is 0.0605 e. The highest BCUT2D eigenvalue weighted by atomic mass is 15.2. The van der Waals surface area contributed by atoms with Gasteiger partial charge in [-0.2, -0.15) is 0 Å². The zero-order valence-electron chi connectivity index (χ0n) is 12.3. The Kier molecular flexibility index (Phi) is 3.30. The molecule has 0 amide bonds. The lowest BCUT2D eigenvalue weighted by molar-refractivity contribution is 0.501. The number of hydrogen-bond acceptors (Lipinski definition) is 2. The summed E-state index contributed by atoms with van der Waals surface area (Å²) in [7, 11) is 0. The number of fused-ring (bicyclic) bond motifs is 2. The fraction of sp³-hybridized carbons (Fsp3) is 0.368. The minimum Gasteiger partial charge on any atom is -0.380 e. The van der Waals surface area contributed by atoms with Gasteiger partial charge in [0.05, 0.1) is 11.4 Å². The second kappa shape index (κ2) is 5.44. The summed E-state index contributed by atoms with van der Waals surface area (Å²) in [4.78, 5) is 2.56. The van der Waals surface area contributed by atoms with E-state index in [-0.39, 0.29) is 0 Å². The van der Waals surface area contributed by atoms with Gasteiger partial charge < -0.3 is 10.2 Å². The standard InChI is InChI=1S/C19H22N2/c1-2-7-15(8-3-1)13-21-14-16-9-6-11-17(16)20-18-10-4-5-12-19(18)21/h1-5,7-8,10,12,16-17,20H,6,9,11,13-14H2. The first-order valence-electron chi connectivity index (χ1n) is 8.04. The molecular weight excluding hydrogens is 256 g/mol. The van der Waals surface area contributed by atoms with Crippen LogP contribution in [0.15, 0.2) is 54.6 Å². The van der Waals surface area contributed by atoms with Crippen molar-refractivity contribution in [3.05, 3.63) is 60.2 Å². The molecule has 1 N–H and O–H groups in total. The Bertz CT molecular complexity index is 608. The van der Waals surface area contributed by atoms with Crippen LogP contribution in [0.1, 0.15) is 24.8 Å². The monoisotopic (exact) mass is 278 g/mol. The maximum Gasteiger partial charge on any atom is 0.0605 e. The van der Waals surface area contributed by atoms with Gasteiger partial charge in [-0.1, -0.05) is 48.9 Å². The van der Waals surface area contributed by atoms with Crippen LogP contribution >= 0.6 is 0 Å². The predicted octanol–water partition coefficient (Wildman–Crippen LogP) is 4.29. The van der Waals surface area contributed by atoms with E-state index in [2.05, 4.69) is 64.8 Å². The number of benzene rings is 2. The summed E-state index contributed by atoms with van der Waals surface area (Å²) in [6.45, 7) is 2.17. The average Bonchev–Trinajstić information content (AvgIpc) is 2.90. The summed E-state index contributed by atoms with van der Waals surface area (Å²) in [5.41, 5.74) is 4.06. The number of para-hydroxylation sites is 2. The Morgan fingerprint density at radius 3 is 2.67 bits per heavy atom. The minimum absolute atomic E-state index is 0.659. The third-order valence-corrected chi connectivity index (χ3v) is 4.92. The molecule has 2 nitrogen and oxygen atoms in total. The molecule has 2 aliphatic rings. The average molecular weight is 278 g/mol. The van der Waals surface area contributed by atoms with E-state index in [0.717, 1.165) is 12.5 Å². The number of anilines is 2. The van der Waals surface area contributed by atoms with Gasteiger partial charge >= 0.3 is 0 Å². The third-order valence-electron chi connectivity index (χ3n) is 4.92. The lowest BCUT2D eigenvalue weighted by Gasteiger charge is -2.27. The van der Waals surface area contributed by atoms with Crippen LogP contribution < -0.4 is 10.2 Å². The molecule has 2 aromatic carbocycles. The summed E-state index contributed by atoms with van der Waals surface area (Å²) in [6.07, 6.45) is 4.04. The van der Waals surface area contributed by atoms with E-state index >= 15 is 0 Å². The summed E-state index contributed by atoms with van der Waals surface area (Å²) in [6, 6.07) is 20.3. The molecule has 0 radical (unpaired) electrons. The highest BCUT2D eigenvalue weighted by molar-refractivity contribution is 5.71. The van der Waals surface area contributed by atoms with Gasteiger partial charge in [-0.3, -0.25) is 0 Å². The molecule has 1 aliphatic carbocycles. The SMILES string of the molecule is c1ccc(CN2CC3CCCC3Nc3ccccc32)cc1. The molecule has 0 spiro atoms. The van der Waals surface area contributed by atoms with Crippen LogP contribution in [0, 0.1) is 5.92 Å². The maximum absolute atomic E-state index is 3.80. The van der Waals surface area contributed by atoms with Gasteiger partial charge in [0, 0.05) is 19.1 Å². The van der Waals surface area contributed by atoms with Gasteiger partial charge in [0.2, 0.25) is 0 Å². The van der Waals surface area contributed by atoms with Gasteiger partial charge in [0.25, 0.3) is 0 Å². The van der Waals surface area contributed by atoms with Crippen molar-refractivity contribution in [3.8, 4) is 0 Å².